The van der Waals surface area contributed by atoms with Crippen molar-refractivity contribution >= 4 is 5.69 Å². The lowest BCUT2D eigenvalue weighted by atomic mass is 10.0. The molecule has 0 bridgehead atoms. The number of rotatable bonds is 4. The normalized spacial score (nSPS) is 12.2. The van der Waals surface area contributed by atoms with Gasteiger partial charge in [-0.1, -0.05) is 6.07 Å². The van der Waals surface area contributed by atoms with E-state index in [9.17, 15) is 9.50 Å². The maximum absolute atomic E-state index is 13.8. The number of hydrogen-bond donors (Lipinski definition) is 2. The molecule has 19 heavy (non-hydrogen) atoms. The van der Waals surface area contributed by atoms with Gasteiger partial charge in [0, 0.05) is 24.5 Å². The summed E-state index contributed by atoms with van der Waals surface area (Å²) in [4.78, 5) is 3.94. The minimum Gasteiger partial charge on any atom is -0.496 e. The molecule has 1 atom stereocenters. The molecule has 2 aromatic rings. The van der Waals surface area contributed by atoms with E-state index in [-0.39, 0.29) is 12.0 Å². The molecule has 0 aliphatic rings. The molecular formula is C14H15FN2O2. The molecule has 1 heterocycles. The zero-order chi connectivity index (χ0) is 13.8. The standard InChI is InChI=1S/C14H15FN2O2/c1-19-13-4-2-3-10(15)14(13)12(18)7-9-8-17-6-5-11(9)16/h2-6,8,12,18H,7H2,1H3,(H2,16,17). The quantitative estimate of drug-likeness (QED) is 0.885. The molecule has 0 saturated carbocycles. The number of aliphatic hydroxyl groups excluding tert-OH is 1. The summed E-state index contributed by atoms with van der Waals surface area (Å²) >= 11 is 0. The second kappa shape index (κ2) is 5.67. The first-order valence-electron chi connectivity index (χ1n) is 5.82. The molecule has 4 nitrogen and oxygen atoms in total. The van der Waals surface area contributed by atoms with Gasteiger partial charge in [-0.05, 0) is 23.8 Å². The highest BCUT2D eigenvalue weighted by Crippen LogP contribution is 2.30. The fourth-order valence-corrected chi connectivity index (χ4v) is 1.94. The number of methoxy groups -OCH3 is 1. The van der Waals surface area contributed by atoms with E-state index in [1.165, 1.54) is 19.2 Å². The predicted octanol–water partition coefficient (Wildman–Crippen LogP) is 2.09. The number of nitrogen functional groups attached to an aromatic ring is 1. The Bertz CT molecular complexity index is 575. The fraction of sp³-hybridized carbons (Fsp3) is 0.214. The minimum atomic E-state index is -1.04. The molecule has 0 radical (unpaired) electrons. The van der Waals surface area contributed by atoms with Crippen molar-refractivity contribution in [2.45, 2.75) is 12.5 Å². The largest absolute Gasteiger partial charge is 0.496 e. The number of nitrogens with two attached hydrogens (primary N) is 1. The smallest absolute Gasteiger partial charge is 0.132 e. The predicted molar refractivity (Wildman–Crippen MR) is 70.3 cm³/mol. The third-order valence-corrected chi connectivity index (χ3v) is 2.92. The molecule has 0 spiro atoms. The zero-order valence-electron chi connectivity index (χ0n) is 10.5. The van der Waals surface area contributed by atoms with Gasteiger partial charge in [0.25, 0.3) is 0 Å². The number of aromatic nitrogens is 1. The Morgan fingerprint density at radius 3 is 2.89 bits per heavy atom. The van der Waals surface area contributed by atoms with Gasteiger partial charge in [0.05, 0.1) is 18.8 Å². The number of halogens is 1. The van der Waals surface area contributed by atoms with Crippen LogP contribution in [0.1, 0.15) is 17.2 Å². The average Bonchev–Trinajstić information content (AvgIpc) is 2.40. The Balaban J connectivity index is 2.30. The van der Waals surface area contributed by atoms with Crippen LogP contribution in [0.2, 0.25) is 0 Å². The lowest BCUT2D eigenvalue weighted by molar-refractivity contribution is 0.169. The molecule has 1 unspecified atom stereocenters. The van der Waals surface area contributed by atoms with Crippen molar-refractivity contribution in [2.24, 2.45) is 0 Å². The van der Waals surface area contributed by atoms with Crippen LogP contribution in [0.25, 0.3) is 0 Å². The second-order valence-corrected chi connectivity index (χ2v) is 4.15. The van der Waals surface area contributed by atoms with E-state index in [4.69, 9.17) is 10.5 Å². The Morgan fingerprint density at radius 1 is 1.42 bits per heavy atom. The fourth-order valence-electron chi connectivity index (χ4n) is 1.94. The van der Waals surface area contributed by atoms with Gasteiger partial charge in [0.15, 0.2) is 0 Å². The Morgan fingerprint density at radius 2 is 2.21 bits per heavy atom. The number of nitrogens with zero attached hydrogens (tertiary/aromatic N) is 1. The molecule has 0 fully saturated rings. The lowest BCUT2D eigenvalue weighted by Gasteiger charge is -2.16. The molecule has 3 N–H and O–H groups in total. The van der Waals surface area contributed by atoms with Gasteiger partial charge in [0.1, 0.15) is 11.6 Å². The topological polar surface area (TPSA) is 68.4 Å². The van der Waals surface area contributed by atoms with Gasteiger partial charge >= 0.3 is 0 Å². The Kier molecular flexibility index (Phi) is 3.97. The van der Waals surface area contributed by atoms with E-state index in [0.29, 0.717) is 17.0 Å². The molecular weight excluding hydrogens is 247 g/mol. The summed E-state index contributed by atoms with van der Waals surface area (Å²) < 4.78 is 18.9. The van der Waals surface area contributed by atoms with Crippen molar-refractivity contribution in [1.29, 1.82) is 0 Å². The molecule has 1 aromatic carbocycles. The van der Waals surface area contributed by atoms with Crippen LogP contribution in [0.4, 0.5) is 10.1 Å². The van der Waals surface area contributed by atoms with Crippen molar-refractivity contribution < 1.29 is 14.2 Å². The van der Waals surface area contributed by atoms with Crippen molar-refractivity contribution in [3.8, 4) is 5.75 Å². The van der Waals surface area contributed by atoms with Gasteiger partial charge in [-0.3, -0.25) is 4.98 Å². The van der Waals surface area contributed by atoms with E-state index in [0.717, 1.165) is 0 Å². The van der Waals surface area contributed by atoms with E-state index in [1.54, 1.807) is 24.5 Å². The first-order chi connectivity index (χ1) is 9.13. The van der Waals surface area contributed by atoms with Crippen LogP contribution >= 0.6 is 0 Å². The summed E-state index contributed by atoms with van der Waals surface area (Å²) in [6, 6.07) is 6.06. The van der Waals surface area contributed by atoms with Gasteiger partial charge in [-0.2, -0.15) is 0 Å². The summed E-state index contributed by atoms with van der Waals surface area (Å²) in [5, 5.41) is 10.2. The second-order valence-electron chi connectivity index (χ2n) is 4.15. The number of hydrogen-bond acceptors (Lipinski definition) is 4. The first-order valence-corrected chi connectivity index (χ1v) is 5.82. The summed E-state index contributed by atoms with van der Waals surface area (Å²) in [6.45, 7) is 0. The number of aliphatic hydroxyl groups is 1. The highest BCUT2D eigenvalue weighted by Gasteiger charge is 2.19. The molecule has 0 aliphatic heterocycles. The summed E-state index contributed by atoms with van der Waals surface area (Å²) in [5.41, 5.74) is 7.10. The highest BCUT2D eigenvalue weighted by atomic mass is 19.1. The van der Waals surface area contributed by atoms with Gasteiger partial charge in [0.2, 0.25) is 0 Å². The van der Waals surface area contributed by atoms with Gasteiger partial charge in [-0.25, -0.2) is 4.39 Å². The molecule has 0 saturated heterocycles. The van der Waals surface area contributed by atoms with Gasteiger partial charge in [-0.15, -0.1) is 0 Å². The van der Waals surface area contributed by atoms with E-state index >= 15 is 0 Å². The molecule has 0 aliphatic carbocycles. The third-order valence-electron chi connectivity index (χ3n) is 2.92. The Hall–Kier alpha value is -2.14. The van der Waals surface area contributed by atoms with Gasteiger partial charge < -0.3 is 15.6 Å². The summed E-state index contributed by atoms with van der Waals surface area (Å²) in [7, 11) is 1.43. The number of benzene rings is 1. The number of pyridine rings is 1. The monoisotopic (exact) mass is 262 g/mol. The van der Waals surface area contributed by atoms with E-state index in [2.05, 4.69) is 4.98 Å². The van der Waals surface area contributed by atoms with Crippen molar-refractivity contribution in [3.63, 3.8) is 0 Å². The van der Waals surface area contributed by atoms with Crippen molar-refractivity contribution in [3.05, 3.63) is 53.6 Å². The maximum atomic E-state index is 13.8. The summed E-state index contributed by atoms with van der Waals surface area (Å²) in [5.74, 6) is -0.190. The van der Waals surface area contributed by atoms with E-state index < -0.39 is 11.9 Å². The third kappa shape index (κ3) is 2.82. The van der Waals surface area contributed by atoms with Crippen LogP contribution in [-0.2, 0) is 6.42 Å². The van der Waals surface area contributed by atoms with Crippen LogP contribution in [0.5, 0.6) is 5.75 Å². The van der Waals surface area contributed by atoms with Crippen molar-refractivity contribution in [2.75, 3.05) is 12.8 Å². The molecule has 2 rings (SSSR count). The van der Waals surface area contributed by atoms with Crippen LogP contribution in [0, 0.1) is 5.82 Å². The SMILES string of the molecule is COc1cccc(F)c1C(O)Cc1cnccc1N. The maximum Gasteiger partial charge on any atom is 0.132 e. The highest BCUT2D eigenvalue weighted by molar-refractivity contribution is 5.46. The molecule has 1 aromatic heterocycles. The zero-order valence-corrected chi connectivity index (χ0v) is 10.5. The van der Waals surface area contributed by atoms with Crippen molar-refractivity contribution in [1.82, 2.24) is 4.98 Å². The lowest BCUT2D eigenvalue weighted by Crippen LogP contribution is -2.08. The Labute approximate surface area is 110 Å². The summed E-state index contributed by atoms with van der Waals surface area (Å²) in [6.07, 6.45) is 2.26. The average molecular weight is 262 g/mol. The van der Waals surface area contributed by atoms with Crippen LogP contribution in [-0.4, -0.2) is 17.2 Å². The minimum absolute atomic E-state index is 0.133. The molecule has 5 heteroatoms. The van der Waals surface area contributed by atoms with E-state index in [1.807, 2.05) is 0 Å². The number of ether oxygens (including phenoxy) is 1. The van der Waals surface area contributed by atoms with Crippen LogP contribution in [0.3, 0.4) is 0 Å². The van der Waals surface area contributed by atoms with Crippen LogP contribution in [0.15, 0.2) is 36.7 Å². The number of anilines is 1. The molecule has 0 amide bonds. The first kappa shape index (κ1) is 13.3. The molecule has 100 valence electrons. The van der Waals surface area contributed by atoms with Crippen LogP contribution < -0.4 is 10.5 Å².